The van der Waals surface area contributed by atoms with Crippen molar-refractivity contribution >= 4 is 23.0 Å². The first-order valence-electron chi connectivity index (χ1n) is 5.80. The topological polar surface area (TPSA) is 24.1 Å². The van der Waals surface area contributed by atoms with Crippen molar-refractivity contribution in [3.8, 4) is 0 Å². The molecule has 0 aromatic heterocycles. The Kier molecular flexibility index (Phi) is 5.26. The zero-order valence-corrected chi connectivity index (χ0v) is 11.0. The lowest BCUT2D eigenvalue weighted by atomic mass is 10.2. The van der Waals surface area contributed by atoms with Crippen LogP contribution in [0.25, 0.3) is 0 Å². The summed E-state index contributed by atoms with van der Waals surface area (Å²) in [5.74, 6) is 0. The van der Waals surface area contributed by atoms with E-state index in [-0.39, 0.29) is 0 Å². The van der Waals surface area contributed by atoms with Crippen LogP contribution < -0.4 is 10.6 Å². The lowest BCUT2D eigenvalue weighted by Gasteiger charge is -2.18. The Morgan fingerprint density at radius 2 is 1.88 bits per heavy atom. The quantitative estimate of drug-likeness (QED) is 0.783. The third-order valence-corrected chi connectivity index (χ3v) is 2.93. The molecule has 0 aliphatic rings. The molecule has 0 aliphatic carbocycles. The van der Waals surface area contributed by atoms with Gasteiger partial charge in [-0.2, -0.15) is 0 Å². The third-order valence-electron chi connectivity index (χ3n) is 2.71. The summed E-state index contributed by atoms with van der Waals surface area (Å²) in [6.45, 7) is 6.40. The maximum absolute atomic E-state index is 5.28. The zero-order valence-electron chi connectivity index (χ0n) is 10.2. The molecule has 2 nitrogen and oxygen atoms in total. The van der Waals surface area contributed by atoms with Gasteiger partial charge >= 0.3 is 0 Å². The Hall–Kier alpha value is -1.09. The van der Waals surface area contributed by atoms with Crippen molar-refractivity contribution < 1.29 is 0 Å². The van der Waals surface area contributed by atoms with Gasteiger partial charge in [-0.05, 0) is 43.6 Å². The number of hydrogen-bond donors (Lipinski definition) is 2. The van der Waals surface area contributed by atoms with Gasteiger partial charge in [-0.3, -0.25) is 0 Å². The predicted molar refractivity (Wildman–Crippen MR) is 74.9 cm³/mol. The molecule has 0 saturated carbocycles. The molecule has 2 N–H and O–H groups in total. The van der Waals surface area contributed by atoms with Crippen molar-refractivity contribution in [1.82, 2.24) is 5.32 Å². The van der Waals surface area contributed by atoms with Gasteiger partial charge in [0.1, 0.15) is 0 Å². The number of aryl methyl sites for hydroxylation is 1. The molecule has 1 aromatic rings. The van der Waals surface area contributed by atoms with E-state index in [2.05, 4.69) is 37.5 Å². The van der Waals surface area contributed by atoms with Crippen LogP contribution in [0.3, 0.4) is 0 Å². The molecule has 16 heavy (non-hydrogen) atoms. The minimum Gasteiger partial charge on any atom is -0.360 e. The van der Waals surface area contributed by atoms with E-state index in [1.807, 2.05) is 18.2 Å². The summed E-state index contributed by atoms with van der Waals surface area (Å²) in [6, 6.07) is 8.61. The molecule has 88 valence electrons. The molecule has 1 aromatic carbocycles. The van der Waals surface area contributed by atoms with Gasteiger partial charge in [-0.25, -0.2) is 0 Å². The van der Waals surface area contributed by atoms with Crippen LogP contribution in [-0.4, -0.2) is 11.2 Å². The van der Waals surface area contributed by atoms with Crippen molar-refractivity contribution in [2.45, 2.75) is 39.7 Å². The highest BCUT2D eigenvalue weighted by Gasteiger charge is 2.05. The molecule has 0 saturated heterocycles. The number of anilines is 1. The SMILES string of the molecule is CCC(CC)NC(=S)Nc1ccccc1C. The molecular weight excluding hydrogens is 216 g/mol. The van der Waals surface area contributed by atoms with E-state index in [1.54, 1.807) is 0 Å². The second-order valence-electron chi connectivity index (χ2n) is 3.93. The average molecular weight is 236 g/mol. The average Bonchev–Trinajstić information content (AvgIpc) is 2.29. The van der Waals surface area contributed by atoms with E-state index in [4.69, 9.17) is 12.2 Å². The van der Waals surface area contributed by atoms with Crippen LogP contribution >= 0.6 is 12.2 Å². The summed E-state index contributed by atoms with van der Waals surface area (Å²) in [5.41, 5.74) is 2.28. The van der Waals surface area contributed by atoms with E-state index in [0.29, 0.717) is 11.2 Å². The van der Waals surface area contributed by atoms with Crippen LogP contribution in [0, 0.1) is 6.92 Å². The molecule has 0 radical (unpaired) electrons. The van der Waals surface area contributed by atoms with Crippen molar-refractivity contribution in [1.29, 1.82) is 0 Å². The molecule has 3 heteroatoms. The van der Waals surface area contributed by atoms with Crippen LogP contribution in [0.4, 0.5) is 5.69 Å². The summed E-state index contributed by atoms with van der Waals surface area (Å²) < 4.78 is 0. The van der Waals surface area contributed by atoms with E-state index in [1.165, 1.54) is 5.56 Å². The Bertz CT molecular complexity index is 346. The molecule has 0 spiro atoms. The summed E-state index contributed by atoms with van der Waals surface area (Å²) in [6.07, 6.45) is 2.18. The maximum atomic E-state index is 5.28. The van der Waals surface area contributed by atoms with Crippen LogP contribution in [0.1, 0.15) is 32.3 Å². The van der Waals surface area contributed by atoms with Gasteiger partial charge < -0.3 is 10.6 Å². The lowest BCUT2D eigenvalue weighted by molar-refractivity contribution is 0.573. The summed E-state index contributed by atoms with van der Waals surface area (Å²) in [5, 5.41) is 7.25. The molecule has 0 heterocycles. The van der Waals surface area contributed by atoms with Gasteiger partial charge in [0, 0.05) is 11.7 Å². The van der Waals surface area contributed by atoms with Gasteiger partial charge in [0.25, 0.3) is 0 Å². The van der Waals surface area contributed by atoms with E-state index < -0.39 is 0 Å². The van der Waals surface area contributed by atoms with Crippen LogP contribution in [0.15, 0.2) is 24.3 Å². The summed E-state index contributed by atoms with van der Waals surface area (Å²) >= 11 is 5.28. The highest BCUT2D eigenvalue weighted by Crippen LogP contribution is 2.12. The molecular formula is C13H20N2S. The fourth-order valence-corrected chi connectivity index (χ4v) is 1.83. The first-order valence-corrected chi connectivity index (χ1v) is 6.21. The van der Waals surface area contributed by atoms with Gasteiger partial charge in [0.05, 0.1) is 0 Å². The fourth-order valence-electron chi connectivity index (χ4n) is 1.55. The molecule has 1 rings (SSSR count). The first kappa shape index (κ1) is 13.0. The smallest absolute Gasteiger partial charge is 0.171 e. The Morgan fingerprint density at radius 1 is 1.25 bits per heavy atom. The van der Waals surface area contributed by atoms with Crippen LogP contribution in [0.2, 0.25) is 0 Å². The number of nitrogens with one attached hydrogen (secondary N) is 2. The van der Waals surface area contributed by atoms with Crippen molar-refractivity contribution in [3.63, 3.8) is 0 Å². The Balaban J connectivity index is 2.55. The Morgan fingerprint density at radius 3 is 2.44 bits per heavy atom. The van der Waals surface area contributed by atoms with E-state index in [0.717, 1.165) is 18.5 Å². The number of thiocarbonyl (C=S) groups is 1. The van der Waals surface area contributed by atoms with Crippen LogP contribution in [-0.2, 0) is 0 Å². The second kappa shape index (κ2) is 6.48. The van der Waals surface area contributed by atoms with Gasteiger partial charge in [0.2, 0.25) is 0 Å². The third kappa shape index (κ3) is 3.81. The van der Waals surface area contributed by atoms with Gasteiger partial charge in [0.15, 0.2) is 5.11 Å². The number of hydrogen-bond acceptors (Lipinski definition) is 1. The standard InChI is InChI=1S/C13H20N2S/c1-4-11(5-2)14-13(16)15-12-9-7-6-8-10(12)3/h6-9,11H,4-5H2,1-3H3,(H2,14,15,16). The minimum absolute atomic E-state index is 0.462. The molecule has 0 fully saturated rings. The van der Waals surface area contributed by atoms with Crippen molar-refractivity contribution in [3.05, 3.63) is 29.8 Å². The second-order valence-corrected chi connectivity index (χ2v) is 4.34. The van der Waals surface area contributed by atoms with E-state index in [9.17, 15) is 0 Å². The monoisotopic (exact) mass is 236 g/mol. The lowest BCUT2D eigenvalue weighted by Crippen LogP contribution is -2.37. The van der Waals surface area contributed by atoms with Crippen LogP contribution in [0.5, 0.6) is 0 Å². The largest absolute Gasteiger partial charge is 0.360 e. The zero-order chi connectivity index (χ0) is 12.0. The summed E-state index contributed by atoms with van der Waals surface area (Å²) in [4.78, 5) is 0. The maximum Gasteiger partial charge on any atom is 0.171 e. The van der Waals surface area contributed by atoms with Gasteiger partial charge in [-0.15, -0.1) is 0 Å². The molecule has 0 unspecified atom stereocenters. The molecule has 0 atom stereocenters. The first-order chi connectivity index (χ1) is 7.67. The normalized spacial score (nSPS) is 10.2. The molecule has 0 aliphatic heterocycles. The number of rotatable bonds is 4. The highest BCUT2D eigenvalue weighted by atomic mass is 32.1. The highest BCUT2D eigenvalue weighted by molar-refractivity contribution is 7.80. The van der Waals surface area contributed by atoms with Crippen molar-refractivity contribution in [2.75, 3.05) is 5.32 Å². The van der Waals surface area contributed by atoms with E-state index >= 15 is 0 Å². The molecule has 0 amide bonds. The number of benzene rings is 1. The Labute approximate surface area is 103 Å². The summed E-state index contributed by atoms with van der Waals surface area (Å²) in [7, 11) is 0. The van der Waals surface area contributed by atoms with Crippen molar-refractivity contribution in [2.24, 2.45) is 0 Å². The predicted octanol–water partition coefficient (Wildman–Crippen LogP) is 3.47. The fraction of sp³-hybridized carbons (Fsp3) is 0.462. The minimum atomic E-state index is 0.462. The van der Waals surface area contributed by atoms with Gasteiger partial charge in [-0.1, -0.05) is 32.0 Å². The number of para-hydroxylation sites is 1. The molecule has 0 bridgehead atoms.